The third-order valence-corrected chi connectivity index (χ3v) is 4.48. The molecule has 6 heteroatoms. The molecule has 1 amide bonds. The Kier molecular flexibility index (Phi) is 5.68. The predicted octanol–water partition coefficient (Wildman–Crippen LogP) is 3.36. The fourth-order valence-electron chi connectivity index (χ4n) is 3.20. The fourth-order valence-corrected chi connectivity index (χ4v) is 3.20. The number of aromatic nitrogens is 2. The van der Waals surface area contributed by atoms with Crippen LogP contribution in [0.3, 0.4) is 0 Å². The van der Waals surface area contributed by atoms with Gasteiger partial charge in [0.25, 0.3) is 5.91 Å². The van der Waals surface area contributed by atoms with Crippen molar-refractivity contribution in [2.24, 2.45) is 5.92 Å². The number of amides is 1. The molecule has 1 aromatic heterocycles. The average Bonchev–Trinajstić information content (AvgIpc) is 3.09. The van der Waals surface area contributed by atoms with Crippen molar-refractivity contribution < 1.29 is 13.9 Å². The smallest absolute Gasteiger partial charge is 0.272 e. The number of benzene rings is 1. The molecule has 3 rings (SSSR count). The quantitative estimate of drug-likeness (QED) is 0.806. The highest BCUT2D eigenvalue weighted by Gasteiger charge is 2.26. The number of likely N-dealkylation sites (tertiary alicyclic amines) is 1. The number of rotatable bonds is 6. The highest BCUT2D eigenvalue weighted by atomic mass is 19.1. The Morgan fingerprint density at radius 1 is 1.32 bits per heavy atom. The van der Waals surface area contributed by atoms with Gasteiger partial charge in [0, 0.05) is 31.7 Å². The number of carbonyl (C=O) groups is 1. The van der Waals surface area contributed by atoms with Crippen molar-refractivity contribution in [2.75, 3.05) is 19.7 Å². The number of carbonyl (C=O) groups excluding carboxylic acids is 1. The van der Waals surface area contributed by atoms with Crippen molar-refractivity contribution in [3.8, 4) is 5.75 Å². The Balaban J connectivity index is 1.57. The Morgan fingerprint density at radius 2 is 2.12 bits per heavy atom. The van der Waals surface area contributed by atoms with Crippen molar-refractivity contribution in [1.29, 1.82) is 0 Å². The molecule has 2 aromatic rings. The number of hydrogen-bond donors (Lipinski definition) is 0. The summed E-state index contributed by atoms with van der Waals surface area (Å²) in [5, 5.41) is 4.24. The summed E-state index contributed by atoms with van der Waals surface area (Å²) in [6.07, 6.45) is 4.61. The first-order chi connectivity index (χ1) is 12.2. The van der Waals surface area contributed by atoms with E-state index >= 15 is 0 Å². The van der Waals surface area contributed by atoms with Crippen LogP contribution < -0.4 is 4.74 Å². The van der Waals surface area contributed by atoms with E-state index in [2.05, 4.69) is 12.0 Å². The van der Waals surface area contributed by atoms with E-state index in [1.807, 2.05) is 4.90 Å². The van der Waals surface area contributed by atoms with Crippen LogP contribution in [0.5, 0.6) is 5.75 Å². The van der Waals surface area contributed by atoms with Gasteiger partial charge in [0.1, 0.15) is 17.3 Å². The van der Waals surface area contributed by atoms with Gasteiger partial charge in [-0.05, 0) is 49.6 Å². The van der Waals surface area contributed by atoms with E-state index in [0.717, 1.165) is 32.4 Å². The average molecular weight is 345 g/mol. The molecule has 134 valence electrons. The maximum Gasteiger partial charge on any atom is 0.272 e. The van der Waals surface area contributed by atoms with Crippen molar-refractivity contribution in [3.05, 3.63) is 48.0 Å². The number of nitrogens with zero attached hydrogens (tertiary/aromatic N) is 3. The minimum absolute atomic E-state index is 0.0393. The molecule has 1 aliphatic heterocycles. The van der Waals surface area contributed by atoms with Crippen LogP contribution in [-0.4, -0.2) is 40.3 Å². The zero-order valence-electron chi connectivity index (χ0n) is 14.5. The molecule has 0 N–H and O–H groups in total. The molecule has 1 aromatic carbocycles. The van der Waals surface area contributed by atoms with Crippen molar-refractivity contribution >= 4 is 5.91 Å². The van der Waals surface area contributed by atoms with Crippen LogP contribution in [0, 0.1) is 11.7 Å². The minimum Gasteiger partial charge on any atom is -0.493 e. The Labute approximate surface area is 147 Å². The second-order valence-corrected chi connectivity index (χ2v) is 6.46. The first-order valence-corrected chi connectivity index (χ1v) is 8.87. The van der Waals surface area contributed by atoms with Gasteiger partial charge in [0.05, 0.1) is 6.61 Å². The normalized spacial score (nSPS) is 17.5. The zero-order valence-corrected chi connectivity index (χ0v) is 14.5. The van der Waals surface area contributed by atoms with E-state index in [4.69, 9.17) is 4.74 Å². The number of piperidine rings is 1. The molecule has 0 aliphatic carbocycles. The van der Waals surface area contributed by atoms with Crippen LogP contribution in [0.2, 0.25) is 0 Å². The zero-order chi connectivity index (χ0) is 17.6. The van der Waals surface area contributed by atoms with Gasteiger partial charge in [0.15, 0.2) is 0 Å². The van der Waals surface area contributed by atoms with Gasteiger partial charge in [-0.1, -0.05) is 6.92 Å². The lowest BCUT2D eigenvalue weighted by Crippen LogP contribution is -2.42. The van der Waals surface area contributed by atoms with Gasteiger partial charge < -0.3 is 9.64 Å². The van der Waals surface area contributed by atoms with Crippen LogP contribution in [-0.2, 0) is 6.54 Å². The van der Waals surface area contributed by atoms with E-state index in [-0.39, 0.29) is 17.6 Å². The fraction of sp³-hybridized carbons (Fsp3) is 0.474. The molecule has 1 saturated heterocycles. The molecule has 1 aliphatic rings. The van der Waals surface area contributed by atoms with Crippen molar-refractivity contribution in [1.82, 2.24) is 14.7 Å². The summed E-state index contributed by atoms with van der Waals surface area (Å²) in [5.74, 6) is 0.707. The molecular formula is C19H24FN3O2. The SMILES string of the molecule is CCCn1nccc1C(=O)N1CCC[C@@H](COc2ccc(F)cc2)C1. The van der Waals surface area contributed by atoms with Gasteiger partial charge in [-0.3, -0.25) is 9.48 Å². The van der Waals surface area contributed by atoms with E-state index in [1.54, 1.807) is 29.1 Å². The monoisotopic (exact) mass is 345 g/mol. The molecule has 0 unspecified atom stereocenters. The molecule has 0 saturated carbocycles. The number of halogens is 1. The molecule has 0 bridgehead atoms. The summed E-state index contributed by atoms with van der Waals surface area (Å²) in [6, 6.07) is 7.83. The van der Waals surface area contributed by atoms with Gasteiger partial charge in [-0.15, -0.1) is 0 Å². The largest absolute Gasteiger partial charge is 0.493 e. The lowest BCUT2D eigenvalue weighted by molar-refractivity contribution is 0.0621. The molecule has 25 heavy (non-hydrogen) atoms. The van der Waals surface area contributed by atoms with Crippen LogP contribution in [0.25, 0.3) is 0 Å². The first-order valence-electron chi connectivity index (χ1n) is 8.87. The lowest BCUT2D eigenvalue weighted by atomic mass is 9.98. The third kappa shape index (κ3) is 4.38. The third-order valence-electron chi connectivity index (χ3n) is 4.48. The number of aryl methyl sites for hydroxylation is 1. The predicted molar refractivity (Wildman–Crippen MR) is 93.0 cm³/mol. The van der Waals surface area contributed by atoms with Crippen LogP contribution in [0.15, 0.2) is 36.5 Å². The molecule has 1 fully saturated rings. The Hall–Kier alpha value is -2.37. The maximum absolute atomic E-state index is 12.9. The second kappa shape index (κ2) is 8.14. The summed E-state index contributed by atoms with van der Waals surface area (Å²) in [5.41, 5.74) is 0.655. The maximum atomic E-state index is 12.9. The van der Waals surface area contributed by atoms with E-state index in [9.17, 15) is 9.18 Å². The summed E-state index contributed by atoms with van der Waals surface area (Å²) < 4.78 is 20.5. The molecule has 5 nitrogen and oxygen atoms in total. The Morgan fingerprint density at radius 3 is 2.88 bits per heavy atom. The molecule has 1 atom stereocenters. The van der Waals surface area contributed by atoms with E-state index in [1.165, 1.54) is 12.1 Å². The lowest BCUT2D eigenvalue weighted by Gasteiger charge is -2.32. The van der Waals surface area contributed by atoms with Gasteiger partial charge >= 0.3 is 0 Å². The summed E-state index contributed by atoms with van der Waals surface area (Å²) in [6.45, 7) is 4.79. The molecular weight excluding hydrogens is 321 g/mol. The molecule has 0 spiro atoms. The van der Waals surface area contributed by atoms with E-state index < -0.39 is 0 Å². The highest BCUT2D eigenvalue weighted by Crippen LogP contribution is 2.21. The topological polar surface area (TPSA) is 47.4 Å². The van der Waals surface area contributed by atoms with Crippen LogP contribution in [0.4, 0.5) is 4.39 Å². The first kappa shape index (κ1) is 17.5. The summed E-state index contributed by atoms with van der Waals surface area (Å²) in [4.78, 5) is 14.7. The van der Waals surface area contributed by atoms with Gasteiger partial charge in [-0.25, -0.2) is 4.39 Å². The van der Waals surface area contributed by atoms with Crippen LogP contribution in [0.1, 0.15) is 36.7 Å². The van der Waals surface area contributed by atoms with E-state index in [0.29, 0.717) is 24.6 Å². The second-order valence-electron chi connectivity index (χ2n) is 6.46. The minimum atomic E-state index is -0.273. The van der Waals surface area contributed by atoms with Crippen molar-refractivity contribution in [3.63, 3.8) is 0 Å². The molecule has 2 heterocycles. The standard InChI is InChI=1S/C19H24FN3O2/c1-2-11-23-18(9-10-21-23)19(24)22-12-3-4-15(13-22)14-25-17-7-5-16(20)6-8-17/h5-10,15H,2-4,11-14H2,1H3/t15-/m1/s1. The molecule has 0 radical (unpaired) electrons. The highest BCUT2D eigenvalue weighted by molar-refractivity contribution is 5.92. The van der Waals surface area contributed by atoms with Crippen LogP contribution >= 0.6 is 0 Å². The number of hydrogen-bond acceptors (Lipinski definition) is 3. The Bertz CT molecular complexity index is 699. The summed E-state index contributed by atoms with van der Waals surface area (Å²) in [7, 11) is 0. The van der Waals surface area contributed by atoms with Gasteiger partial charge in [-0.2, -0.15) is 5.10 Å². The van der Waals surface area contributed by atoms with Gasteiger partial charge in [0.2, 0.25) is 0 Å². The number of ether oxygens (including phenoxy) is 1. The van der Waals surface area contributed by atoms with Crippen molar-refractivity contribution in [2.45, 2.75) is 32.7 Å². The summed E-state index contributed by atoms with van der Waals surface area (Å²) >= 11 is 0.